The SMILES string of the molecule is CC(C)OP(=O)(OC(C)C)[C@@H](NC(=O)c1ccc(Br)cc1)c1ccccc1. The first kappa shape index (κ1) is 21.8. The normalized spacial score (nSPS) is 13.0. The molecule has 7 heteroatoms. The van der Waals surface area contributed by atoms with Gasteiger partial charge in [-0.2, -0.15) is 0 Å². The van der Waals surface area contributed by atoms with Crippen molar-refractivity contribution in [2.45, 2.75) is 45.7 Å². The fourth-order valence-electron chi connectivity index (χ4n) is 2.52. The second kappa shape index (κ2) is 9.65. The van der Waals surface area contributed by atoms with Crippen LogP contribution < -0.4 is 5.32 Å². The topological polar surface area (TPSA) is 64.6 Å². The third-order valence-electron chi connectivity index (χ3n) is 3.52. The number of carbonyl (C=O) groups excluding carboxylic acids is 1. The van der Waals surface area contributed by atoms with E-state index in [9.17, 15) is 9.36 Å². The van der Waals surface area contributed by atoms with Crippen LogP contribution in [0.15, 0.2) is 59.1 Å². The number of rotatable bonds is 8. The Labute approximate surface area is 169 Å². The molecule has 5 nitrogen and oxygen atoms in total. The van der Waals surface area contributed by atoms with Crippen molar-refractivity contribution in [3.63, 3.8) is 0 Å². The number of carbonyl (C=O) groups is 1. The number of benzene rings is 2. The highest BCUT2D eigenvalue weighted by atomic mass is 79.9. The lowest BCUT2D eigenvalue weighted by molar-refractivity contribution is 0.0919. The molecule has 0 aliphatic carbocycles. The van der Waals surface area contributed by atoms with E-state index >= 15 is 0 Å². The van der Waals surface area contributed by atoms with Gasteiger partial charge in [-0.3, -0.25) is 9.36 Å². The first-order chi connectivity index (χ1) is 12.7. The van der Waals surface area contributed by atoms with Crippen molar-refractivity contribution in [1.29, 1.82) is 0 Å². The minimum atomic E-state index is -3.69. The van der Waals surface area contributed by atoms with Gasteiger partial charge >= 0.3 is 7.60 Å². The van der Waals surface area contributed by atoms with E-state index in [0.717, 1.165) is 4.47 Å². The van der Waals surface area contributed by atoms with Gasteiger partial charge in [-0.1, -0.05) is 46.3 Å². The van der Waals surface area contributed by atoms with E-state index < -0.39 is 13.4 Å². The van der Waals surface area contributed by atoms with Crippen LogP contribution in [0.2, 0.25) is 0 Å². The van der Waals surface area contributed by atoms with Crippen molar-refractivity contribution in [2.75, 3.05) is 0 Å². The van der Waals surface area contributed by atoms with Gasteiger partial charge in [-0.15, -0.1) is 0 Å². The van der Waals surface area contributed by atoms with Crippen LogP contribution >= 0.6 is 23.5 Å². The quantitative estimate of drug-likeness (QED) is 0.503. The Balaban J connectivity index is 2.42. The smallest absolute Gasteiger partial charge is 0.334 e. The molecule has 0 saturated heterocycles. The Bertz CT molecular complexity index is 779. The van der Waals surface area contributed by atoms with Gasteiger partial charge in [0, 0.05) is 10.0 Å². The average Bonchev–Trinajstić information content (AvgIpc) is 2.59. The molecule has 0 spiro atoms. The Morgan fingerprint density at radius 2 is 1.44 bits per heavy atom. The van der Waals surface area contributed by atoms with Crippen LogP contribution in [0.1, 0.15) is 49.4 Å². The largest absolute Gasteiger partial charge is 0.357 e. The molecule has 0 bridgehead atoms. The highest BCUT2D eigenvalue weighted by Crippen LogP contribution is 2.61. The molecule has 0 unspecified atom stereocenters. The van der Waals surface area contributed by atoms with Crippen molar-refractivity contribution in [3.8, 4) is 0 Å². The van der Waals surface area contributed by atoms with Gasteiger partial charge in [0.2, 0.25) is 0 Å². The molecule has 2 rings (SSSR count). The zero-order valence-corrected chi connectivity index (χ0v) is 18.4. The number of hydrogen-bond donors (Lipinski definition) is 1. The maximum absolute atomic E-state index is 13.7. The number of hydrogen-bond acceptors (Lipinski definition) is 4. The summed E-state index contributed by atoms with van der Waals surface area (Å²) in [5, 5.41) is 2.85. The highest BCUT2D eigenvalue weighted by Gasteiger charge is 2.40. The molecule has 0 radical (unpaired) electrons. The van der Waals surface area contributed by atoms with Crippen molar-refractivity contribution < 1.29 is 18.4 Å². The van der Waals surface area contributed by atoms with Crippen LogP contribution in [0.5, 0.6) is 0 Å². The molecule has 1 atom stereocenters. The molecule has 27 heavy (non-hydrogen) atoms. The predicted molar refractivity (Wildman–Crippen MR) is 111 cm³/mol. The fourth-order valence-corrected chi connectivity index (χ4v) is 5.07. The van der Waals surface area contributed by atoms with Gasteiger partial charge < -0.3 is 14.4 Å². The lowest BCUT2D eigenvalue weighted by Gasteiger charge is -2.30. The van der Waals surface area contributed by atoms with Gasteiger partial charge in [0.25, 0.3) is 5.91 Å². The predicted octanol–water partition coefficient (Wildman–Crippen LogP) is 5.92. The van der Waals surface area contributed by atoms with Gasteiger partial charge in [0.05, 0.1) is 12.2 Å². The summed E-state index contributed by atoms with van der Waals surface area (Å²) in [6.07, 6.45) is -0.657. The summed E-state index contributed by atoms with van der Waals surface area (Å²) in [5.41, 5.74) is 1.12. The molecule has 1 N–H and O–H groups in total. The van der Waals surface area contributed by atoms with Gasteiger partial charge in [-0.05, 0) is 57.5 Å². The molecular formula is C20H25BrNO4P. The molecule has 0 fully saturated rings. The minimum Gasteiger partial charge on any atom is -0.334 e. The Kier molecular flexibility index (Phi) is 7.80. The Morgan fingerprint density at radius 1 is 0.926 bits per heavy atom. The first-order valence-corrected chi connectivity index (χ1v) is 11.2. The lowest BCUT2D eigenvalue weighted by Crippen LogP contribution is -2.31. The molecule has 0 saturated carbocycles. The average molecular weight is 454 g/mol. The van der Waals surface area contributed by atoms with E-state index in [1.807, 2.05) is 18.2 Å². The van der Waals surface area contributed by atoms with E-state index in [2.05, 4.69) is 21.2 Å². The summed E-state index contributed by atoms with van der Waals surface area (Å²) in [7, 11) is -3.69. The summed E-state index contributed by atoms with van der Waals surface area (Å²) in [6, 6.07) is 16.0. The number of halogens is 1. The summed E-state index contributed by atoms with van der Waals surface area (Å²) >= 11 is 3.35. The van der Waals surface area contributed by atoms with Gasteiger partial charge in [0.15, 0.2) is 5.78 Å². The molecule has 2 aromatic carbocycles. The molecule has 0 heterocycles. The standard InChI is InChI=1S/C20H25BrNO4P/c1-14(2)25-27(24,26-15(3)4)20(17-8-6-5-7-9-17)22-19(23)16-10-12-18(21)13-11-16/h5-15,20H,1-4H3,(H,22,23)/t20-/m1/s1. The summed E-state index contributed by atoms with van der Waals surface area (Å²) in [4.78, 5) is 12.8. The van der Waals surface area contributed by atoms with Crippen LogP contribution in [0.3, 0.4) is 0 Å². The van der Waals surface area contributed by atoms with Crippen molar-refractivity contribution in [2.24, 2.45) is 0 Å². The molecule has 0 aromatic heterocycles. The fraction of sp³-hybridized carbons (Fsp3) is 0.350. The van der Waals surface area contributed by atoms with Crippen molar-refractivity contribution in [1.82, 2.24) is 5.32 Å². The molecule has 1 amide bonds. The number of nitrogens with one attached hydrogen (secondary N) is 1. The third-order valence-corrected chi connectivity index (χ3v) is 6.54. The van der Waals surface area contributed by atoms with E-state index in [0.29, 0.717) is 11.1 Å². The third kappa shape index (κ3) is 6.28. The van der Waals surface area contributed by atoms with Gasteiger partial charge in [0.1, 0.15) is 0 Å². The molecule has 2 aromatic rings. The van der Waals surface area contributed by atoms with E-state index in [1.54, 1.807) is 64.1 Å². The van der Waals surface area contributed by atoms with E-state index in [4.69, 9.17) is 9.05 Å². The zero-order valence-electron chi connectivity index (χ0n) is 15.9. The maximum atomic E-state index is 13.7. The monoisotopic (exact) mass is 453 g/mol. The molecule has 146 valence electrons. The van der Waals surface area contributed by atoms with E-state index in [-0.39, 0.29) is 18.1 Å². The van der Waals surface area contributed by atoms with Crippen molar-refractivity contribution in [3.05, 3.63) is 70.2 Å². The summed E-state index contributed by atoms with van der Waals surface area (Å²) in [6.45, 7) is 7.15. The second-order valence-corrected chi connectivity index (χ2v) is 9.58. The van der Waals surface area contributed by atoms with Crippen LogP contribution in [-0.2, 0) is 13.6 Å². The molecule has 0 aliphatic heterocycles. The maximum Gasteiger partial charge on any atom is 0.357 e. The van der Waals surface area contributed by atoms with E-state index in [1.165, 1.54) is 0 Å². The Hall–Kier alpha value is -1.46. The molecule has 0 aliphatic rings. The molecular weight excluding hydrogens is 429 g/mol. The Morgan fingerprint density at radius 3 is 1.93 bits per heavy atom. The minimum absolute atomic E-state index is 0.328. The van der Waals surface area contributed by atoms with Crippen LogP contribution in [0.25, 0.3) is 0 Å². The number of amides is 1. The van der Waals surface area contributed by atoms with Crippen molar-refractivity contribution >= 4 is 29.4 Å². The first-order valence-electron chi connectivity index (χ1n) is 8.79. The van der Waals surface area contributed by atoms with Crippen LogP contribution in [-0.4, -0.2) is 18.1 Å². The zero-order chi connectivity index (χ0) is 20.0. The van der Waals surface area contributed by atoms with Gasteiger partial charge in [-0.25, -0.2) is 0 Å². The second-order valence-electron chi connectivity index (χ2n) is 6.64. The highest BCUT2D eigenvalue weighted by molar-refractivity contribution is 9.10. The summed E-state index contributed by atoms with van der Waals surface area (Å²) < 4.78 is 26.0. The van der Waals surface area contributed by atoms with Crippen LogP contribution in [0, 0.1) is 0 Å². The van der Waals surface area contributed by atoms with Crippen LogP contribution in [0.4, 0.5) is 0 Å². The summed E-state index contributed by atoms with van der Waals surface area (Å²) in [5.74, 6) is -1.27. The lowest BCUT2D eigenvalue weighted by atomic mass is 10.2.